The number of halogens is 2. The highest BCUT2D eigenvalue weighted by molar-refractivity contribution is 6.30. The summed E-state index contributed by atoms with van der Waals surface area (Å²) in [4.78, 5) is 15.5. The van der Waals surface area contributed by atoms with Gasteiger partial charge in [-0.05, 0) is 25.1 Å². The molecule has 0 fully saturated rings. The van der Waals surface area contributed by atoms with Crippen molar-refractivity contribution in [1.29, 1.82) is 0 Å². The molecule has 1 aromatic heterocycles. The van der Waals surface area contributed by atoms with Crippen LogP contribution in [-0.2, 0) is 0 Å². The van der Waals surface area contributed by atoms with Crippen LogP contribution >= 0.6 is 11.6 Å². The summed E-state index contributed by atoms with van der Waals surface area (Å²) < 4.78 is 13.1. The van der Waals surface area contributed by atoms with Crippen LogP contribution in [0.4, 0.5) is 10.1 Å². The molecule has 0 aliphatic rings. The van der Waals surface area contributed by atoms with Crippen molar-refractivity contribution in [2.24, 2.45) is 0 Å². The van der Waals surface area contributed by atoms with Crippen molar-refractivity contribution in [2.45, 2.75) is 6.92 Å². The molecule has 0 radical (unpaired) electrons. The molecule has 0 saturated heterocycles. The molecule has 0 bridgehead atoms. The Morgan fingerprint density at radius 2 is 2.29 bits per heavy atom. The van der Waals surface area contributed by atoms with Gasteiger partial charge < -0.3 is 5.32 Å². The molecule has 5 nitrogen and oxygen atoms in total. The molecule has 0 saturated carbocycles. The third-order valence-electron chi connectivity index (χ3n) is 1.98. The predicted octanol–water partition coefficient (Wildman–Crippen LogP) is 2.16. The van der Waals surface area contributed by atoms with Gasteiger partial charge in [0.05, 0.1) is 5.02 Å². The van der Waals surface area contributed by atoms with Gasteiger partial charge in [-0.1, -0.05) is 11.6 Å². The second kappa shape index (κ2) is 4.50. The number of H-pyrrole nitrogens is 1. The molecule has 0 atom stereocenters. The number of benzene rings is 1. The molecule has 7 heteroatoms. The van der Waals surface area contributed by atoms with Crippen LogP contribution in [0, 0.1) is 12.7 Å². The minimum atomic E-state index is -0.601. The number of hydrogen-bond acceptors (Lipinski definition) is 3. The Balaban J connectivity index is 2.15. The SMILES string of the molecule is Cc1nc(C(=O)Nc2ccc(Cl)c(F)c2)n[nH]1. The zero-order valence-corrected chi connectivity index (χ0v) is 9.55. The number of rotatable bonds is 2. The number of carbonyl (C=O) groups is 1. The van der Waals surface area contributed by atoms with Crippen molar-refractivity contribution in [3.05, 3.63) is 40.7 Å². The Bertz CT molecular complexity index is 569. The van der Waals surface area contributed by atoms with Crippen LogP contribution < -0.4 is 5.32 Å². The van der Waals surface area contributed by atoms with Gasteiger partial charge in [-0.25, -0.2) is 9.37 Å². The van der Waals surface area contributed by atoms with E-state index in [1.807, 2.05) is 0 Å². The minimum Gasteiger partial charge on any atom is -0.319 e. The molecule has 2 aromatic rings. The van der Waals surface area contributed by atoms with Crippen molar-refractivity contribution in [3.8, 4) is 0 Å². The van der Waals surface area contributed by atoms with Gasteiger partial charge >= 0.3 is 0 Å². The smallest absolute Gasteiger partial charge is 0.295 e. The third-order valence-corrected chi connectivity index (χ3v) is 2.28. The van der Waals surface area contributed by atoms with E-state index in [-0.39, 0.29) is 10.8 Å². The van der Waals surface area contributed by atoms with Crippen LogP contribution in [0.3, 0.4) is 0 Å². The molecule has 17 heavy (non-hydrogen) atoms. The first-order valence-electron chi connectivity index (χ1n) is 4.71. The first kappa shape index (κ1) is 11.5. The lowest BCUT2D eigenvalue weighted by atomic mass is 10.3. The Hall–Kier alpha value is -1.95. The molecular weight excluding hydrogens is 247 g/mol. The molecule has 1 aromatic carbocycles. The zero-order valence-electron chi connectivity index (χ0n) is 8.79. The van der Waals surface area contributed by atoms with Gasteiger partial charge in [-0.2, -0.15) is 0 Å². The quantitative estimate of drug-likeness (QED) is 0.863. The fourth-order valence-corrected chi connectivity index (χ4v) is 1.32. The van der Waals surface area contributed by atoms with E-state index < -0.39 is 11.7 Å². The number of carbonyl (C=O) groups excluding carboxylic acids is 1. The Morgan fingerprint density at radius 1 is 1.53 bits per heavy atom. The van der Waals surface area contributed by atoms with E-state index in [0.29, 0.717) is 11.5 Å². The van der Waals surface area contributed by atoms with Gasteiger partial charge in [0.25, 0.3) is 5.91 Å². The van der Waals surface area contributed by atoms with Gasteiger partial charge in [0, 0.05) is 5.69 Å². The maximum atomic E-state index is 13.1. The number of aromatic nitrogens is 3. The lowest BCUT2D eigenvalue weighted by molar-refractivity contribution is 0.101. The summed E-state index contributed by atoms with van der Waals surface area (Å²) in [6, 6.07) is 3.97. The molecule has 1 amide bonds. The summed E-state index contributed by atoms with van der Waals surface area (Å²) in [6.07, 6.45) is 0. The molecule has 0 aliphatic carbocycles. The van der Waals surface area contributed by atoms with Crippen molar-refractivity contribution in [1.82, 2.24) is 15.2 Å². The number of amides is 1. The highest BCUT2D eigenvalue weighted by atomic mass is 35.5. The summed E-state index contributed by atoms with van der Waals surface area (Å²) in [5.74, 6) is -0.595. The predicted molar refractivity (Wildman–Crippen MR) is 60.5 cm³/mol. The molecule has 0 unspecified atom stereocenters. The average molecular weight is 255 g/mol. The summed E-state index contributed by atoms with van der Waals surface area (Å²) >= 11 is 5.52. The average Bonchev–Trinajstić information content (AvgIpc) is 2.70. The second-order valence-electron chi connectivity index (χ2n) is 3.33. The first-order chi connectivity index (χ1) is 8.06. The molecule has 0 spiro atoms. The van der Waals surface area contributed by atoms with Crippen molar-refractivity contribution in [3.63, 3.8) is 0 Å². The van der Waals surface area contributed by atoms with Crippen molar-refractivity contribution in [2.75, 3.05) is 5.32 Å². The highest BCUT2D eigenvalue weighted by Gasteiger charge is 2.12. The number of nitrogens with zero attached hydrogens (tertiary/aromatic N) is 2. The van der Waals surface area contributed by atoms with Gasteiger partial charge in [0.15, 0.2) is 0 Å². The second-order valence-corrected chi connectivity index (χ2v) is 3.73. The van der Waals surface area contributed by atoms with Crippen LogP contribution in [0.5, 0.6) is 0 Å². The Labute approximate surface area is 101 Å². The number of aryl methyl sites for hydroxylation is 1. The van der Waals surface area contributed by atoms with E-state index in [9.17, 15) is 9.18 Å². The largest absolute Gasteiger partial charge is 0.319 e. The molecular formula is C10H8ClFN4O. The zero-order chi connectivity index (χ0) is 12.4. The molecule has 0 aliphatic heterocycles. The van der Waals surface area contributed by atoms with Gasteiger partial charge in [-0.3, -0.25) is 9.89 Å². The number of anilines is 1. The fourth-order valence-electron chi connectivity index (χ4n) is 1.21. The normalized spacial score (nSPS) is 10.3. The topological polar surface area (TPSA) is 70.7 Å². The summed E-state index contributed by atoms with van der Waals surface area (Å²) in [7, 11) is 0. The fraction of sp³-hybridized carbons (Fsp3) is 0.100. The number of hydrogen-bond donors (Lipinski definition) is 2. The third kappa shape index (κ3) is 2.59. The number of nitrogens with one attached hydrogen (secondary N) is 2. The molecule has 2 N–H and O–H groups in total. The van der Waals surface area contributed by atoms with E-state index in [4.69, 9.17) is 11.6 Å². The van der Waals surface area contributed by atoms with Crippen LogP contribution in [0.25, 0.3) is 0 Å². The lowest BCUT2D eigenvalue weighted by Crippen LogP contribution is -2.13. The van der Waals surface area contributed by atoms with Crippen LogP contribution in [-0.4, -0.2) is 21.1 Å². The summed E-state index contributed by atoms with van der Waals surface area (Å²) in [5.41, 5.74) is 0.291. The van der Waals surface area contributed by atoms with Gasteiger partial charge in [-0.15, -0.1) is 5.10 Å². The first-order valence-corrected chi connectivity index (χ1v) is 5.09. The summed E-state index contributed by atoms with van der Waals surface area (Å²) in [6.45, 7) is 1.67. The minimum absolute atomic E-state index is 0.00198. The maximum absolute atomic E-state index is 13.1. The molecule has 88 valence electrons. The van der Waals surface area contributed by atoms with Crippen LogP contribution in [0.15, 0.2) is 18.2 Å². The Kier molecular flexibility index (Phi) is 3.06. The van der Waals surface area contributed by atoms with E-state index in [1.54, 1.807) is 6.92 Å². The number of aromatic amines is 1. The van der Waals surface area contributed by atoms with Crippen molar-refractivity contribution < 1.29 is 9.18 Å². The monoisotopic (exact) mass is 254 g/mol. The Morgan fingerprint density at radius 3 is 2.88 bits per heavy atom. The maximum Gasteiger partial charge on any atom is 0.295 e. The molecule has 1 heterocycles. The van der Waals surface area contributed by atoms with Crippen molar-refractivity contribution >= 4 is 23.2 Å². The van der Waals surface area contributed by atoms with Crippen LogP contribution in [0.2, 0.25) is 5.02 Å². The van der Waals surface area contributed by atoms with E-state index in [0.717, 1.165) is 6.07 Å². The molecule has 2 rings (SSSR count). The van der Waals surface area contributed by atoms with E-state index >= 15 is 0 Å². The van der Waals surface area contributed by atoms with E-state index in [2.05, 4.69) is 20.5 Å². The van der Waals surface area contributed by atoms with Crippen LogP contribution in [0.1, 0.15) is 16.4 Å². The lowest BCUT2D eigenvalue weighted by Gasteiger charge is -2.02. The van der Waals surface area contributed by atoms with E-state index in [1.165, 1.54) is 12.1 Å². The standard InChI is InChI=1S/C10H8ClFN4O/c1-5-13-9(16-15-5)10(17)14-6-2-3-7(11)8(12)4-6/h2-4H,1H3,(H,14,17)(H,13,15,16). The van der Waals surface area contributed by atoms with Gasteiger partial charge in [0.2, 0.25) is 5.82 Å². The summed E-state index contributed by atoms with van der Waals surface area (Å²) in [5, 5.41) is 8.68. The highest BCUT2D eigenvalue weighted by Crippen LogP contribution is 2.18. The van der Waals surface area contributed by atoms with Gasteiger partial charge in [0.1, 0.15) is 11.6 Å².